The van der Waals surface area contributed by atoms with Crippen LogP contribution in [0.2, 0.25) is 0 Å². The van der Waals surface area contributed by atoms with E-state index in [-0.39, 0.29) is 6.42 Å². The van der Waals surface area contributed by atoms with Crippen molar-refractivity contribution in [2.75, 3.05) is 158 Å². The molecule has 0 saturated carbocycles. The summed E-state index contributed by atoms with van der Waals surface area (Å²) in [5.41, 5.74) is 3.73. The standard InChI is InChI=1S/C46H72N2O16S/c1-46(42-39-41(65-64-63-51)12-13-43(42)48(17-8-4-7-11-45(49)50)44(46)14-16-47-40-9-5-3-6-10-40)15-18-53-21-22-55-25-26-57-29-30-59-33-34-61-37-38-62-36-35-60-32-31-58-28-27-56-24-23-54-20-19-52-2/h3,5-6,9-10,12-14,16,39H,4,7-8,11,15,17-38H2,1-2H3,(H2,49,50,51)/p+1. The average molecular weight is 942 g/mol. The fourth-order valence-corrected chi connectivity index (χ4v) is 7.01. The summed E-state index contributed by atoms with van der Waals surface area (Å²) in [7, 11) is 1.64. The Labute approximate surface area is 388 Å². The highest BCUT2D eigenvalue weighted by atomic mass is 32.2. The van der Waals surface area contributed by atoms with Gasteiger partial charge in [-0.25, -0.2) is 5.26 Å². The summed E-state index contributed by atoms with van der Waals surface area (Å²) >= 11 is 0.918. The van der Waals surface area contributed by atoms with E-state index in [1.54, 1.807) is 7.11 Å². The Balaban J connectivity index is 1.23. The number of benzene rings is 2. The minimum atomic E-state index is -0.782. The lowest BCUT2D eigenvalue weighted by Crippen LogP contribution is -2.33. The monoisotopic (exact) mass is 941 g/mol. The maximum absolute atomic E-state index is 11.1. The fourth-order valence-electron chi connectivity index (χ4n) is 6.62. The number of para-hydroxylation sites is 1. The molecule has 0 radical (unpaired) electrons. The van der Waals surface area contributed by atoms with E-state index in [1.165, 1.54) is 0 Å². The second-order valence-electron chi connectivity index (χ2n) is 14.7. The van der Waals surface area contributed by atoms with E-state index in [1.807, 2.05) is 54.7 Å². The van der Waals surface area contributed by atoms with E-state index in [2.05, 4.69) is 27.9 Å². The van der Waals surface area contributed by atoms with Crippen LogP contribution in [-0.2, 0) is 71.7 Å². The maximum Gasteiger partial charge on any atom is 0.303 e. The molecule has 3 N–H and O–H groups in total. The molecular formula is C46H73N2O16S+. The highest BCUT2D eigenvalue weighted by molar-refractivity contribution is 7.94. The van der Waals surface area contributed by atoms with Gasteiger partial charge in [0, 0.05) is 61.0 Å². The van der Waals surface area contributed by atoms with Gasteiger partial charge in [-0.15, -0.1) is 4.33 Å². The number of carboxylic acids is 1. The van der Waals surface area contributed by atoms with Crippen LogP contribution in [0.4, 0.5) is 11.4 Å². The molecule has 0 amide bonds. The van der Waals surface area contributed by atoms with Crippen LogP contribution < -0.4 is 5.32 Å². The van der Waals surface area contributed by atoms with Crippen LogP contribution in [0.25, 0.3) is 0 Å². The molecule has 2 aromatic rings. The number of unbranched alkanes of at least 4 members (excludes halogenated alkanes) is 2. The molecule has 368 valence electrons. The van der Waals surface area contributed by atoms with Crippen LogP contribution >= 0.6 is 12.0 Å². The average Bonchev–Trinajstić information content (AvgIpc) is 3.54. The normalized spacial score (nSPS) is 14.8. The molecule has 0 bridgehead atoms. The summed E-state index contributed by atoms with van der Waals surface area (Å²) in [5.74, 6) is -0.782. The van der Waals surface area contributed by atoms with Gasteiger partial charge in [0.15, 0.2) is 5.71 Å². The van der Waals surface area contributed by atoms with E-state index in [0.717, 1.165) is 52.4 Å². The topological polar surface area (TPSA) is 193 Å². The van der Waals surface area contributed by atoms with E-state index in [0.29, 0.717) is 158 Å². The number of carbonyl (C=O) groups is 1. The highest BCUT2D eigenvalue weighted by Gasteiger charge is 2.47. The van der Waals surface area contributed by atoms with Crippen molar-refractivity contribution in [1.82, 2.24) is 0 Å². The zero-order valence-corrected chi connectivity index (χ0v) is 39.1. The number of rotatable bonds is 45. The second kappa shape index (κ2) is 37.9. The first-order chi connectivity index (χ1) is 32.0. The van der Waals surface area contributed by atoms with Gasteiger partial charge < -0.3 is 62.5 Å². The molecule has 19 heteroatoms. The van der Waals surface area contributed by atoms with Crippen LogP contribution in [-0.4, -0.2) is 179 Å². The minimum Gasteiger partial charge on any atom is -0.481 e. The SMILES string of the molecule is COCCOCCOCCOCCOCCOCCOCCOCCOCCOCCOCCC1(C)C(/C=C/Nc2ccccc2)=[N+](CCCCCC(=O)O)c2ccc(SOOO)cc21. The molecular weight excluding hydrogens is 869 g/mol. The molecule has 1 atom stereocenters. The van der Waals surface area contributed by atoms with Crippen LogP contribution in [0.3, 0.4) is 0 Å². The van der Waals surface area contributed by atoms with Gasteiger partial charge in [0.05, 0.1) is 150 Å². The molecule has 0 spiro atoms. The van der Waals surface area contributed by atoms with Crippen molar-refractivity contribution in [2.45, 2.75) is 49.3 Å². The number of aliphatic carboxylic acids is 1. The van der Waals surface area contributed by atoms with E-state index in [4.69, 9.17) is 66.8 Å². The molecule has 0 fully saturated rings. The number of ether oxygens (including phenoxy) is 11. The number of carboxylic acid groups (broad SMARTS) is 1. The van der Waals surface area contributed by atoms with Gasteiger partial charge >= 0.3 is 5.97 Å². The van der Waals surface area contributed by atoms with Gasteiger partial charge in [0.1, 0.15) is 6.54 Å². The molecule has 0 aliphatic carbocycles. The van der Waals surface area contributed by atoms with Crippen LogP contribution in [0.5, 0.6) is 0 Å². The molecule has 1 heterocycles. The largest absolute Gasteiger partial charge is 0.481 e. The predicted octanol–water partition coefficient (Wildman–Crippen LogP) is 5.94. The number of nitrogens with one attached hydrogen (secondary N) is 1. The van der Waals surface area contributed by atoms with Crippen molar-refractivity contribution in [1.29, 1.82) is 0 Å². The second-order valence-corrected chi connectivity index (χ2v) is 15.5. The Bertz CT molecular complexity index is 1560. The summed E-state index contributed by atoms with van der Waals surface area (Å²) in [4.78, 5) is 11.9. The van der Waals surface area contributed by atoms with Crippen LogP contribution in [0.15, 0.2) is 65.7 Å². The Morgan fingerprint density at radius 1 is 0.646 bits per heavy atom. The van der Waals surface area contributed by atoms with Crippen molar-refractivity contribution in [3.05, 3.63) is 66.4 Å². The third-order valence-electron chi connectivity index (χ3n) is 9.93. The van der Waals surface area contributed by atoms with Gasteiger partial charge in [-0.3, -0.25) is 4.79 Å². The third-order valence-corrected chi connectivity index (χ3v) is 10.5. The highest BCUT2D eigenvalue weighted by Crippen LogP contribution is 2.44. The van der Waals surface area contributed by atoms with Crippen LogP contribution in [0.1, 0.15) is 44.6 Å². The maximum atomic E-state index is 11.1. The number of hydrogen-bond donors (Lipinski definition) is 3. The number of allylic oxidation sites excluding steroid dienone is 1. The van der Waals surface area contributed by atoms with Gasteiger partial charge in [-0.2, -0.15) is 4.58 Å². The Hall–Kier alpha value is -3.09. The number of hydrogen-bond acceptors (Lipinski definition) is 17. The summed E-state index contributed by atoms with van der Waals surface area (Å²) in [5, 5.41) is 25.2. The first kappa shape index (κ1) is 56.2. The molecule has 3 rings (SSSR count). The zero-order chi connectivity index (χ0) is 46.3. The van der Waals surface area contributed by atoms with Crippen molar-refractivity contribution < 1.29 is 81.2 Å². The van der Waals surface area contributed by atoms with Gasteiger partial charge in [0.2, 0.25) is 5.69 Å². The van der Waals surface area contributed by atoms with Crippen molar-refractivity contribution in [2.24, 2.45) is 0 Å². The Morgan fingerprint density at radius 3 is 1.58 bits per heavy atom. The number of anilines is 1. The van der Waals surface area contributed by atoms with Crippen molar-refractivity contribution in [3.63, 3.8) is 0 Å². The number of nitrogens with zero attached hydrogens (tertiary/aromatic N) is 1. The summed E-state index contributed by atoms with van der Waals surface area (Å²) in [6, 6.07) is 15.9. The minimum absolute atomic E-state index is 0.153. The van der Waals surface area contributed by atoms with Gasteiger partial charge in [-0.1, -0.05) is 23.2 Å². The molecule has 0 saturated heterocycles. The fraction of sp³-hybridized carbons (Fsp3) is 0.652. The predicted molar refractivity (Wildman–Crippen MR) is 244 cm³/mol. The van der Waals surface area contributed by atoms with Gasteiger partial charge in [0.25, 0.3) is 0 Å². The van der Waals surface area contributed by atoms with E-state index >= 15 is 0 Å². The number of methoxy groups -OCH3 is 1. The summed E-state index contributed by atoms with van der Waals surface area (Å²) < 4.78 is 67.8. The quantitative estimate of drug-likeness (QED) is 0.0232. The van der Waals surface area contributed by atoms with E-state index in [9.17, 15) is 4.79 Å². The van der Waals surface area contributed by atoms with E-state index < -0.39 is 11.4 Å². The molecule has 65 heavy (non-hydrogen) atoms. The zero-order valence-electron chi connectivity index (χ0n) is 38.3. The molecule has 1 aliphatic heterocycles. The third kappa shape index (κ3) is 25.6. The summed E-state index contributed by atoms with van der Waals surface area (Å²) in [6.07, 6.45) is 7.12. The molecule has 1 unspecified atom stereocenters. The van der Waals surface area contributed by atoms with Crippen LogP contribution in [0, 0.1) is 0 Å². The number of fused-ring (bicyclic) bond motifs is 1. The molecule has 18 nitrogen and oxygen atoms in total. The molecule has 2 aromatic carbocycles. The van der Waals surface area contributed by atoms with Crippen molar-refractivity contribution in [3.8, 4) is 0 Å². The lowest BCUT2D eigenvalue weighted by atomic mass is 9.77. The first-order valence-electron chi connectivity index (χ1n) is 22.4. The smallest absolute Gasteiger partial charge is 0.303 e. The molecule has 0 aromatic heterocycles. The Kier molecular flexibility index (Phi) is 32.8. The van der Waals surface area contributed by atoms with Gasteiger partial charge in [-0.05, 0) is 50.5 Å². The van der Waals surface area contributed by atoms with Crippen molar-refractivity contribution >= 4 is 35.1 Å². The molecule has 1 aliphatic rings. The lowest BCUT2D eigenvalue weighted by Gasteiger charge is -2.23. The lowest BCUT2D eigenvalue weighted by molar-refractivity contribution is -0.438. The Morgan fingerprint density at radius 2 is 1.12 bits per heavy atom. The summed E-state index contributed by atoms with van der Waals surface area (Å²) in [6.45, 7) is 13.2. The first-order valence-corrected chi connectivity index (χ1v) is 23.1.